The van der Waals surface area contributed by atoms with E-state index in [1.54, 1.807) is 5.57 Å². The summed E-state index contributed by atoms with van der Waals surface area (Å²) in [5, 5.41) is 7.09. The minimum atomic E-state index is -1.63. The predicted molar refractivity (Wildman–Crippen MR) is 132 cm³/mol. The fraction of sp³-hybridized carbons (Fsp3) is 0.600. The van der Waals surface area contributed by atoms with Crippen molar-refractivity contribution in [2.75, 3.05) is 39.0 Å². The van der Waals surface area contributed by atoms with E-state index in [9.17, 15) is 0 Å². The number of nitrogens with zero attached hydrogens (tertiary/aromatic N) is 2. The van der Waals surface area contributed by atoms with Crippen LogP contribution in [-0.4, -0.2) is 46.9 Å². The fourth-order valence-corrected chi connectivity index (χ4v) is 10.5. The summed E-state index contributed by atoms with van der Waals surface area (Å²) in [4.78, 5) is 2.18. The first-order chi connectivity index (χ1) is 14.3. The second-order valence-electron chi connectivity index (χ2n) is 10.5. The monoisotopic (exact) mass is 424 g/mol. The van der Waals surface area contributed by atoms with Gasteiger partial charge in [0.05, 0.1) is 0 Å². The molecular formula is C25H40N4Si. The van der Waals surface area contributed by atoms with Gasteiger partial charge in [-0.05, 0) is 58.9 Å². The average molecular weight is 425 g/mol. The molecule has 1 aromatic rings. The second kappa shape index (κ2) is 8.62. The summed E-state index contributed by atoms with van der Waals surface area (Å²) in [5.41, 5.74) is 5.01. The zero-order valence-corrected chi connectivity index (χ0v) is 20.7. The van der Waals surface area contributed by atoms with Crippen molar-refractivity contribution < 1.29 is 0 Å². The van der Waals surface area contributed by atoms with Crippen molar-refractivity contribution in [1.29, 1.82) is 0 Å². The Morgan fingerprint density at radius 2 is 1.73 bits per heavy atom. The lowest BCUT2D eigenvalue weighted by atomic mass is 9.81. The van der Waals surface area contributed by atoms with Crippen LogP contribution in [-0.2, 0) is 0 Å². The molecule has 4 atom stereocenters. The highest BCUT2D eigenvalue weighted by Crippen LogP contribution is 2.59. The van der Waals surface area contributed by atoms with Crippen LogP contribution >= 0.6 is 0 Å². The van der Waals surface area contributed by atoms with Gasteiger partial charge in [0.2, 0.25) is 0 Å². The minimum absolute atomic E-state index is 0.648. The molecule has 5 heteroatoms. The van der Waals surface area contributed by atoms with Crippen LogP contribution < -0.4 is 15.5 Å². The van der Waals surface area contributed by atoms with E-state index >= 15 is 0 Å². The fourth-order valence-electron chi connectivity index (χ4n) is 6.22. The summed E-state index contributed by atoms with van der Waals surface area (Å²) >= 11 is 0. The molecule has 1 saturated heterocycles. The first kappa shape index (κ1) is 21.8. The number of nitrogens with one attached hydrogen (secondary N) is 2. The summed E-state index contributed by atoms with van der Waals surface area (Å²) in [6, 6.07) is 9.19. The van der Waals surface area contributed by atoms with E-state index in [0.717, 1.165) is 37.4 Å². The maximum absolute atomic E-state index is 3.55. The van der Waals surface area contributed by atoms with Gasteiger partial charge in [-0.1, -0.05) is 57.3 Å². The molecule has 1 aliphatic heterocycles. The number of hydrogen-bond donors (Lipinski definition) is 2. The SMILES string of the molecule is CC(C)C1CC2C(c3ccc(N(C)C)cc3)=CC=CC2C1[Si](C)(C)N1CNCNC1. The van der Waals surface area contributed by atoms with Crippen LogP contribution in [0.1, 0.15) is 25.8 Å². The van der Waals surface area contributed by atoms with E-state index in [2.05, 4.69) is 104 Å². The van der Waals surface area contributed by atoms with E-state index in [4.69, 9.17) is 0 Å². The molecule has 4 nitrogen and oxygen atoms in total. The Morgan fingerprint density at radius 1 is 1.07 bits per heavy atom. The van der Waals surface area contributed by atoms with Crippen molar-refractivity contribution in [3.8, 4) is 0 Å². The van der Waals surface area contributed by atoms with Crippen LogP contribution in [0.25, 0.3) is 5.57 Å². The molecule has 1 saturated carbocycles. The molecule has 3 aliphatic rings. The highest BCUT2D eigenvalue weighted by Gasteiger charge is 2.54. The third kappa shape index (κ3) is 3.93. The summed E-state index contributed by atoms with van der Waals surface area (Å²) in [6.07, 6.45) is 8.62. The van der Waals surface area contributed by atoms with E-state index in [0.29, 0.717) is 11.8 Å². The highest BCUT2D eigenvalue weighted by molar-refractivity contribution is 6.76. The van der Waals surface area contributed by atoms with Crippen molar-refractivity contribution >= 4 is 19.5 Å². The maximum atomic E-state index is 3.55. The number of hydrogen-bond acceptors (Lipinski definition) is 4. The lowest BCUT2D eigenvalue weighted by molar-refractivity contribution is 0.272. The van der Waals surface area contributed by atoms with Crippen LogP contribution in [0.5, 0.6) is 0 Å². The van der Waals surface area contributed by atoms with Gasteiger partial charge in [0, 0.05) is 39.8 Å². The van der Waals surface area contributed by atoms with Crippen LogP contribution in [0.3, 0.4) is 0 Å². The molecule has 164 valence electrons. The topological polar surface area (TPSA) is 30.5 Å². The maximum Gasteiger partial charge on any atom is 0.129 e. The zero-order chi connectivity index (χ0) is 21.5. The molecule has 4 unspecified atom stereocenters. The third-order valence-corrected chi connectivity index (χ3v) is 12.3. The standard InChI is InChI=1S/C25H40N4Si/c1-18(2)23-14-24-21(19-10-12-20(13-11-19)28(3)4)8-7-9-22(24)25(23)30(5,6)29-16-26-15-27-17-29/h7-13,18,22-27H,14-17H2,1-6H3. The van der Waals surface area contributed by atoms with E-state index in [-0.39, 0.29) is 0 Å². The van der Waals surface area contributed by atoms with Gasteiger partial charge in [-0.25, -0.2) is 0 Å². The molecule has 30 heavy (non-hydrogen) atoms. The number of rotatable bonds is 5. The van der Waals surface area contributed by atoms with Gasteiger partial charge in [0.25, 0.3) is 0 Å². The highest BCUT2D eigenvalue weighted by atomic mass is 28.3. The first-order valence-corrected chi connectivity index (χ1v) is 14.7. The van der Waals surface area contributed by atoms with Gasteiger partial charge < -0.3 is 4.90 Å². The van der Waals surface area contributed by atoms with Gasteiger partial charge in [-0.3, -0.25) is 15.2 Å². The molecule has 2 N–H and O–H groups in total. The lowest BCUT2D eigenvalue weighted by Crippen LogP contribution is -2.63. The van der Waals surface area contributed by atoms with E-state index in [1.807, 2.05) is 0 Å². The lowest BCUT2D eigenvalue weighted by Gasteiger charge is -2.48. The molecule has 0 aromatic heterocycles. The normalized spacial score (nSPS) is 29.8. The van der Waals surface area contributed by atoms with Crippen LogP contribution in [0.4, 0.5) is 5.69 Å². The molecule has 0 bridgehead atoms. The Morgan fingerprint density at radius 3 is 2.33 bits per heavy atom. The summed E-state index contributed by atoms with van der Waals surface area (Å²) in [7, 11) is 2.59. The summed E-state index contributed by atoms with van der Waals surface area (Å²) in [5.74, 6) is 2.82. The smallest absolute Gasteiger partial charge is 0.129 e. The minimum Gasteiger partial charge on any atom is -0.378 e. The molecule has 0 spiro atoms. The molecule has 0 amide bonds. The second-order valence-corrected chi connectivity index (χ2v) is 15.1. The molecule has 1 aromatic carbocycles. The number of fused-ring (bicyclic) bond motifs is 1. The summed E-state index contributed by atoms with van der Waals surface area (Å²) < 4.78 is 2.75. The van der Waals surface area contributed by atoms with Crippen molar-refractivity contribution in [2.24, 2.45) is 23.7 Å². The number of allylic oxidation sites excluding steroid dienone is 4. The molecular weight excluding hydrogens is 384 g/mol. The first-order valence-electron chi connectivity index (χ1n) is 11.6. The third-order valence-electron chi connectivity index (χ3n) is 7.93. The van der Waals surface area contributed by atoms with E-state index in [1.165, 1.54) is 17.7 Å². The quantitative estimate of drug-likeness (QED) is 0.679. The van der Waals surface area contributed by atoms with Crippen molar-refractivity contribution in [3.63, 3.8) is 0 Å². The van der Waals surface area contributed by atoms with E-state index < -0.39 is 8.24 Å². The predicted octanol–water partition coefficient (Wildman–Crippen LogP) is 4.56. The Labute approximate surface area is 184 Å². The molecule has 1 heterocycles. The Hall–Kier alpha value is -1.40. The molecule has 4 rings (SSSR count). The number of benzene rings is 1. The van der Waals surface area contributed by atoms with Crippen LogP contribution in [0.2, 0.25) is 18.6 Å². The van der Waals surface area contributed by atoms with Gasteiger partial charge in [0.15, 0.2) is 0 Å². The van der Waals surface area contributed by atoms with Gasteiger partial charge in [0.1, 0.15) is 8.24 Å². The van der Waals surface area contributed by atoms with Crippen molar-refractivity contribution in [3.05, 3.63) is 48.1 Å². The van der Waals surface area contributed by atoms with Gasteiger partial charge in [-0.15, -0.1) is 0 Å². The Balaban J connectivity index is 1.65. The summed E-state index contributed by atoms with van der Waals surface area (Å²) in [6.45, 7) is 13.1. The molecule has 0 radical (unpaired) electrons. The Kier molecular flexibility index (Phi) is 6.27. The molecule has 2 fully saturated rings. The van der Waals surface area contributed by atoms with Crippen molar-refractivity contribution in [1.82, 2.24) is 15.2 Å². The largest absolute Gasteiger partial charge is 0.378 e. The van der Waals surface area contributed by atoms with Crippen LogP contribution in [0, 0.1) is 23.7 Å². The van der Waals surface area contributed by atoms with Gasteiger partial charge >= 0.3 is 0 Å². The van der Waals surface area contributed by atoms with Crippen LogP contribution in [0.15, 0.2) is 42.5 Å². The zero-order valence-electron chi connectivity index (χ0n) is 19.7. The van der Waals surface area contributed by atoms with Gasteiger partial charge in [-0.2, -0.15) is 0 Å². The molecule has 2 aliphatic carbocycles. The average Bonchev–Trinajstić information content (AvgIpc) is 3.15. The Bertz CT molecular complexity index is 790. The van der Waals surface area contributed by atoms with Crippen molar-refractivity contribution in [2.45, 2.75) is 38.9 Å². The number of anilines is 1.